The fraction of sp³-hybridized carbons (Fsp3) is 0.357. The van der Waals surface area contributed by atoms with E-state index in [1.54, 1.807) is 13.1 Å². The first-order valence-electron chi connectivity index (χ1n) is 6.28. The van der Waals surface area contributed by atoms with Crippen LogP contribution in [0.1, 0.15) is 31.9 Å². The zero-order valence-corrected chi connectivity index (χ0v) is 12.6. The van der Waals surface area contributed by atoms with Gasteiger partial charge in [-0.15, -0.1) is 0 Å². The number of hydrogen-bond acceptors (Lipinski definition) is 3. The number of aromatic nitrogens is 2. The molecule has 0 fully saturated rings. The Balaban J connectivity index is 2.13. The van der Waals surface area contributed by atoms with Crippen molar-refractivity contribution in [2.24, 2.45) is 0 Å². The summed E-state index contributed by atoms with van der Waals surface area (Å²) in [6.45, 7) is 4.72. The summed E-state index contributed by atoms with van der Waals surface area (Å²) < 4.78 is 8.43. The molecule has 2 aromatic rings. The minimum Gasteiger partial charge on any atom is -0.453 e. The summed E-state index contributed by atoms with van der Waals surface area (Å²) in [5.41, 5.74) is 0.848. The van der Waals surface area contributed by atoms with Crippen molar-refractivity contribution in [3.63, 3.8) is 0 Å². The third-order valence-corrected chi connectivity index (χ3v) is 3.35. The molecule has 0 saturated carbocycles. The minimum absolute atomic E-state index is 0.488. The number of aliphatic hydroxyl groups excluding tert-OH is 1. The number of aliphatic hydroxyl groups is 1. The maximum Gasteiger partial charge on any atom is 0.165 e. The maximum atomic E-state index is 9.52. The number of aryl methyl sites for hydroxylation is 1. The SMILES string of the molecule is CCCn1cc(Oc2ccc([C@@H](C)O)cc2Br)cn1. The van der Waals surface area contributed by atoms with Crippen LogP contribution in [0, 0.1) is 0 Å². The molecule has 0 amide bonds. The van der Waals surface area contributed by atoms with Gasteiger partial charge in [0.25, 0.3) is 0 Å². The molecule has 102 valence electrons. The summed E-state index contributed by atoms with van der Waals surface area (Å²) in [7, 11) is 0. The molecule has 0 aliphatic rings. The summed E-state index contributed by atoms with van der Waals surface area (Å²) in [6.07, 6.45) is 4.12. The number of halogens is 1. The molecule has 19 heavy (non-hydrogen) atoms. The molecule has 1 N–H and O–H groups in total. The van der Waals surface area contributed by atoms with Crippen LogP contribution in [0.25, 0.3) is 0 Å². The highest BCUT2D eigenvalue weighted by Gasteiger charge is 2.08. The van der Waals surface area contributed by atoms with Crippen molar-refractivity contribution in [1.29, 1.82) is 0 Å². The molecule has 1 heterocycles. The number of rotatable bonds is 5. The summed E-state index contributed by atoms with van der Waals surface area (Å²) in [5.74, 6) is 1.42. The van der Waals surface area contributed by atoms with Crippen molar-refractivity contribution in [3.8, 4) is 11.5 Å². The fourth-order valence-electron chi connectivity index (χ4n) is 1.74. The van der Waals surface area contributed by atoms with Crippen LogP contribution < -0.4 is 4.74 Å². The molecule has 5 heteroatoms. The zero-order chi connectivity index (χ0) is 13.8. The van der Waals surface area contributed by atoms with Crippen LogP contribution in [0.4, 0.5) is 0 Å². The predicted octanol–water partition coefficient (Wildman–Crippen LogP) is 3.90. The Morgan fingerprint density at radius 1 is 1.47 bits per heavy atom. The van der Waals surface area contributed by atoms with E-state index in [0.29, 0.717) is 11.5 Å². The first-order valence-corrected chi connectivity index (χ1v) is 7.07. The second-order valence-corrected chi connectivity index (χ2v) is 5.26. The predicted molar refractivity (Wildman–Crippen MR) is 77.4 cm³/mol. The normalized spacial score (nSPS) is 12.4. The maximum absolute atomic E-state index is 9.52. The van der Waals surface area contributed by atoms with Gasteiger partial charge in [0, 0.05) is 6.54 Å². The highest BCUT2D eigenvalue weighted by Crippen LogP contribution is 2.31. The number of ether oxygens (including phenoxy) is 1. The average molecular weight is 325 g/mol. The Hall–Kier alpha value is -1.33. The Kier molecular flexibility index (Phi) is 4.61. The molecule has 0 unspecified atom stereocenters. The van der Waals surface area contributed by atoms with Crippen molar-refractivity contribution in [1.82, 2.24) is 9.78 Å². The second kappa shape index (κ2) is 6.21. The average Bonchev–Trinajstić information content (AvgIpc) is 2.79. The first-order chi connectivity index (χ1) is 9.10. The van der Waals surface area contributed by atoms with Crippen molar-refractivity contribution >= 4 is 15.9 Å². The van der Waals surface area contributed by atoms with Crippen LogP contribution in [0.5, 0.6) is 11.5 Å². The Bertz CT molecular complexity index is 552. The molecular weight excluding hydrogens is 308 g/mol. The van der Waals surface area contributed by atoms with Crippen LogP contribution >= 0.6 is 15.9 Å². The van der Waals surface area contributed by atoms with Crippen molar-refractivity contribution in [2.45, 2.75) is 32.9 Å². The zero-order valence-electron chi connectivity index (χ0n) is 11.0. The van der Waals surface area contributed by atoms with Crippen LogP contribution in [-0.2, 0) is 6.54 Å². The molecule has 0 aliphatic heterocycles. The second-order valence-electron chi connectivity index (χ2n) is 4.41. The number of hydrogen-bond donors (Lipinski definition) is 1. The van der Waals surface area contributed by atoms with Gasteiger partial charge in [0.1, 0.15) is 5.75 Å². The topological polar surface area (TPSA) is 47.3 Å². The van der Waals surface area contributed by atoms with Crippen molar-refractivity contribution in [2.75, 3.05) is 0 Å². The molecule has 0 radical (unpaired) electrons. The van der Waals surface area contributed by atoms with Crippen molar-refractivity contribution < 1.29 is 9.84 Å². The standard InChI is InChI=1S/C14H17BrN2O2/c1-3-6-17-9-12(8-16-17)19-14-5-4-11(10(2)18)7-13(14)15/h4-5,7-10,18H,3,6H2,1-2H3/t10-/m1/s1. The van der Waals surface area contributed by atoms with Crippen LogP contribution in [0.15, 0.2) is 35.1 Å². The van der Waals surface area contributed by atoms with E-state index in [1.807, 2.05) is 29.1 Å². The monoisotopic (exact) mass is 324 g/mol. The van der Waals surface area contributed by atoms with E-state index < -0.39 is 6.10 Å². The molecular formula is C14H17BrN2O2. The minimum atomic E-state index is -0.488. The lowest BCUT2D eigenvalue weighted by Gasteiger charge is -2.09. The summed E-state index contributed by atoms with van der Waals surface area (Å²) >= 11 is 3.45. The summed E-state index contributed by atoms with van der Waals surface area (Å²) in [5, 5.41) is 13.7. The number of nitrogens with zero attached hydrogens (tertiary/aromatic N) is 2. The van der Waals surface area contributed by atoms with E-state index in [-0.39, 0.29) is 0 Å². The quantitative estimate of drug-likeness (QED) is 0.907. The van der Waals surface area contributed by atoms with Gasteiger partial charge in [0.15, 0.2) is 5.75 Å². The molecule has 0 saturated heterocycles. The van der Waals surface area contributed by atoms with E-state index in [0.717, 1.165) is 23.0 Å². The lowest BCUT2D eigenvalue weighted by molar-refractivity contribution is 0.199. The van der Waals surface area contributed by atoms with E-state index in [4.69, 9.17) is 4.74 Å². The van der Waals surface area contributed by atoms with Gasteiger partial charge in [-0.2, -0.15) is 5.10 Å². The first kappa shape index (κ1) is 14.1. The summed E-state index contributed by atoms with van der Waals surface area (Å²) in [4.78, 5) is 0. The molecule has 0 spiro atoms. The van der Waals surface area contributed by atoms with Crippen LogP contribution in [-0.4, -0.2) is 14.9 Å². The Morgan fingerprint density at radius 3 is 2.89 bits per heavy atom. The largest absolute Gasteiger partial charge is 0.453 e. The van der Waals surface area contributed by atoms with Gasteiger partial charge in [0.05, 0.1) is 23.0 Å². The molecule has 2 rings (SSSR count). The Morgan fingerprint density at radius 2 is 2.26 bits per heavy atom. The van der Waals surface area contributed by atoms with Gasteiger partial charge in [-0.25, -0.2) is 0 Å². The molecule has 1 aromatic carbocycles. The third kappa shape index (κ3) is 3.58. The van der Waals surface area contributed by atoms with Gasteiger partial charge >= 0.3 is 0 Å². The van der Waals surface area contributed by atoms with E-state index in [2.05, 4.69) is 28.0 Å². The molecule has 1 aromatic heterocycles. The van der Waals surface area contributed by atoms with Gasteiger partial charge in [-0.1, -0.05) is 13.0 Å². The third-order valence-electron chi connectivity index (χ3n) is 2.73. The summed E-state index contributed by atoms with van der Waals surface area (Å²) in [6, 6.07) is 5.54. The molecule has 0 bridgehead atoms. The highest BCUT2D eigenvalue weighted by atomic mass is 79.9. The fourth-order valence-corrected chi connectivity index (χ4v) is 2.21. The molecule has 4 nitrogen and oxygen atoms in total. The van der Waals surface area contributed by atoms with Crippen LogP contribution in [0.3, 0.4) is 0 Å². The smallest absolute Gasteiger partial charge is 0.165 e. The van der Waals surface area contributed by atoms with E-state index in [9.17, 15) is 5.11 Å². The van der Waals surface area contributed by atoms with Gasteiger partial charge < -0.3 is 9.84 Å². The van der Waals surface area contributed by atoms with Crippen LogP contribution in [0.2, 0.25) is 0 Å². The van der Waals surface area contributed by atoms with Gasteiger partial charge in [-0.05, 0) is 47.0 Å². The van der Waals surface area contributed by atoms with Gasteiger partial charge in [-0.3, -0.25) is 4.68 Å². The lowest BCUT2D eigenvalue weighted by Crippen LogP contribution is -1.95. The number of benzene rings is 1. The van der Waals surface area contributed by atoms with E-state index in [1.165, 1.54) is 0 Å². The lowest BCUT2D eigenvalue weighted by atomic mass is 10.1. The Labute approximate surface area is 121 Å². The van der Waals surface area contributed by atoms with E-state index >= 15 is 0 Å². The van der Waals surface area contributed by atoms with Crippen molar-refractivity contribution in [3.05, 3.63) is 40.6 Å². The van der Waals surface area contributed by atoms with Gasteiger partial charge in [0.2, 0.25) is 0 Å². The molecule has 0 aliphatic carbocycles. The highest BCUT2D eigenvalue weighted by molar-refractivity contribution is 9.10. The molecule has 1 atom stereocenters.